The number of aryl methyl sites for hydroxylation is 1. The fraction of sp³-hybridized carbons (Fsp3) is 0.500. The molecule has 0 aliphatic carbocycles. The summed E-state index contributed by atoms with van der Waals surface area (Å²) in [5, 5.41) is 0.657. The maximum Gasteiger partial charge on any atom is 0.0482 e. The van der Waals surface area contributed by atoms with Gasteiger partial charge in [-0.05, 0) is 25.0 Å². The van der Waals surface area contributed by atoms with Crippen molar-refractivity contribution < 1.29 is 0 Å². The van der Waals surface area contributed by atoms with Crippen molar-refractivity contribution in [3.63, 3.8) is 0 Å². The van der Waals surface area contributed by atoms with E-state index in [0.717, 1.165) is 5.69 Å². The number of thioether (sulfide) groups is 1. The summed E-state index contributed by atoms with van der Waals surface area (Å²) in [5.74, 6) is 0. The first-order chi connectivity index (χ1) is 6.65. The number of nitrogen functional groups attached to an aromatic ring is 1. The molecule has 0 saturated carbocycles. The first-order valence-electron chi connectivity index (χ1n) is 5.17. The number of nitrogens with two attached hydrogens (primary N) is 1. The highest BCUT2D eigenvalue weighted by Gasteiger charge is 2.06. The van der Waals surface area contributed by atoms with E-state index in [0.29, 0.717) is 5.25 Å². The lowest BCUT2D eigenvalue weighted by Gasteiger charge is -2.12. The Morgan fingerprint density at radius 3 is 2.79 bits per heavy atom. The Morgan fingerprint density at radius 2 is 2.14 bits per heavy atom. The van der Waals surface area contributed by atoms with Gasteiger partial charge >= 0.3 is 0 Å². The van der Waals surface area contributed by atoms with Gasteiger partial charge in [0.1, 0.15) is 0 Å². The Labute approximate surface area is 91.1 Å². The molecule has 1 aromatic carbocycles. The molecule has 1 nitrogen and oxygen atoms in total. The molecule has 1 atom stereocenters. The maximum absolute atomic E-state index is 6.01. The third kappa shape index (κ3) is 2.95. The molecule has 1 unspecified atom stereocenters. The lowest BCUT2D eigenvalue weighted by atomic mass is 10.2. The van der Waals surface area contributed by atoms with E-state index in [1.165, 1.54) is 23.3 Å². The minimum absolute atomic E-state index is 0.657. The highest BCUT2D eigenvalue weighted by Crippen LogP contribution is 2.32. The molecule has 1 aromatic rings. The summed E-state index contributed by atoms with van der Waals surface area (Å²) in [4.78, 5) is 1.23. The van der Waals surface area contributed by atoms with Crippen LogP contribution in [-0.2, 0) is 0 Å². The smallest absolute Gasteiger partial charge is 0.0482 e. The van der Waals surface area contributed by atoms with Gasteiger partial charge in [0.25, 0.3) is 0 Å². The second kappa shape index (κ2) is 5.30. The predicted molar refractivity (Wildman–Crippen MR) is 65.8 cm³/mol. The van der Waals surface area contributed by atoms with Crippen LogP contribution in [0.15, 0.2) is 23.1 Å². The molecule has 2 heteroatoms. The van der Waals surface area contributed by atoms with Crippen LogP contribution in [0.1, 0.15) is 32.3 Å². The summed E-state index contributed by atoms with van der Waals surface area (Å²) in [6, 6.07) is 6.25. The molecule has 0 spiro atoms. The Balaban J connectivity index is 2.71. The van der Waals surface area contributed by atoms with Crippen molar-refractivity contribution in [3.8, 4) is 0 Å². The molecule has 14 heavy (non-hydrogen) atoms. The second-order valence-electron chi connectivity index (χ2n) is 3.70. The van der Waals surface area contributed by atoms with Crippen LogP contribution in [0.5, 0.6) is 0 Å². The molecular weight excluding hydrogens is 190 g/mol. The van der Waals surface area contributed by atoms with Crippen molar-refractivity contribution in [1.29, 1.82) is 0 Å². The quantitative estimate of drug-likeness (QED) is 0.602. The van der Waals surface area contributed by atoms with Crippen molar-refractivity contribution in [3.05, 3.63) is 23.8 Å². The van der Waals surface area contributed by atoms with Crippen molar-refractivity contribution >= 4 is 17.4 Å². The zero-order valence-corrected chi connectivity index (χ0v) is 10.0. The summed E-state index contributed by atoms with van der Waals surface area (Å²) in [6.45, 7) is 6.54. The molecule has 0 amide bonds. The van der Waals surface area contributed by atoms with Crippen LogP contribution in [0.2, 0.25) is 0 Å². The van der Waals surface area contributed by atoms with E-state index >= 15 is 0 Å². The predicted octanol–water partition coefficient (Wildman–Crippen LogP) is 3.86. The van der Waals surface area contributed by atoms with Gasteiger partial charge in [-0.25, -0.2) is 0 Å². The summed E-state index contributed by atoms with van der Waals surface area (Å²) < 4.78 is 0. The molecule has 0 radical (unpaired) electrons. The second-order valence-corrected chi connectivity index (χ2v) is 5.18. The normalized spacial score (nSPS) is 12.8. The fourth-order valence-corrected chi connectivity index (χ4v) is 2.67. The standard InChI is InChI=1S/C12H19NS/c1-4-6-10(3)14-11-8-5-7-9(2)12(11)13/h5,7-8,10H,4,6,13H2,1-3H3. The fourth-order valence-electron chi connectivity index (χ4n) is 1.44. The monoisotopic (exact) mass is 209 g/mol. The summed E-state index contributed by atoms with van der Waals surface area (Å²) in [5.41, 5.74) is 8.13. The van der Waals surface area contributed by atoms with Crippen molar-refractivity contribution in [1.82, 2.24) is 0 Å². The average molecular weight is 209 g/mol. The summed E-state index contributed by atoms with van der Waals surface area (Å²) in [7, 11) is 0. The van der Waals surface area contributed by atoms with E-state index in [1.807, 2.05) is 11.8 Å². The van der Waals surface area contributed by atoms with Crippen LogP contribution in [0.25, 0.3) is 0 Å². The molecule has 0 aliphatic rings. The topological polar surface area (TPSA) is 26.0 Å². The molecule has 1 rings (SSSR count). The number of hydrogen-bond acceptors (Lipinski definition) is 2. The van der Waals surface area contributed by atoms with E-state index in [4.69, 9.17) is 5.73 Å². The highest BCUT2D eigenvalue weighted by atomic mass is 32.2. The van der Waals surface area contributed by atoms with Gasteiger partial charge in [0, 0.05) is 15.8 Å². The van der Waals surface area contributed by atoms with E-state index < -0.39 is 0 Å². The van der Waals surface area contributed by atoms with Crippen LogP contribution in [-0.4, -0.2) is 5.25 Å². The van der Waals surface area contributed by atoms with Crippen molar-refractivity contribution in [2.75, 3.05) is 5.73 Å². The van der Waals surface area contributed by atoms with E-state index in [1.54, 1.807) is 0 Å². The number of hydrogen-bond donors (Lipinski definition) is 1. The van der Waals surface area contributed by atoms with Gasteiger partial charge in [-0.2, -0.15) is 0 Å². The number of benzene rings is 1. The average Bonchev–Trinajstić information content (AvgIpc) is 2.13. The van der Waals surface area contributed by atoms with Crippen LogP contribution in [0.3, 0.4) is 0 Å². The molecule has 0 bridgehead atoms. The van der Waals surface area contributed by atoms with Gasteiger partial charge in [0.2, 0.25) is 0 Å². The van der Waals surface area contributed by atoms with Crippen LogP contribution in [0, 0.1) is 6.92 Å². The molecule has 78 valence electrons. The summed E-state index contributed by atoms with van der Waals surface area (Å²) >= 11 is 1.88. The van der Waals surface area contributed by atoms with Gasteiger partial charge in [-0.1, -0.05) is 32.4 Å². The van der Waals surface area contributed by atoms with Crippen molar-refractivity contribution in [2.45, 2.75) is 43.8 Å². The van der Waals surface area contributed by atoms with Gasteiger partial charge < -0.3 is 5.73 Å². The zero-order chi connectivity index (χ0) is 10.6. The molecular formula is C12H19NS. The Kier molecular flexibility index (Phi) is 4.33. The Bertz CT molecular complexity index is 296. The van der Waals surface area contributed by atoms with E-state index in [9.17, 15) is 0 Å². The zero-order valence-electron chi connectivity index (χ0n) is 9.21. The van der Waals surface area contributed by atoms with E-state index in [2.05, 4.69) is 39.0 Å². The molecule has 0 aromatic heterocycles. The number of para-hydroxylation sites is 1. The largest absolute Gasteiger partial charge is 0.398 e. The van der Waals surface area contributed by atoms with Crippen LogP contribution >= 0.6 is 11.8 Å². The SMILES string of the molecule is CCCC(C)Sc1cccc(C)c1N. The van der Waals surface area contributed by atoms with Gasteiger partial charge in [-0.3, -0.25) is 0 Å². The molecule has 0 fully saturated rings. The highest BCUT2D eigenvalue weighted by molar-refractivity contribution is 8.00. The van der Waals surface area contributed by atoms with Crippen molar-refractivity contribution in [2.24, 2.45) is 0 Å². The van der Waals surface area contributed by atoms with Crippen LogP contribution in [0.4, 0.5) is 5.69 Å². The third-order valence-electron chi connectivity index (χ3n) is 2.31. The molecule has 0 heterocycles. The number of rotatable bonds is 4. The van der Waals surface area contributed by atoms with Gasteiger partial charge in [0.05, 0.1) is 0 Å². The third-order valence-corrected chi connectivity index (χ3v) is 3.56. The molecule has 0 saturated heterocycles. The Morgan fingerprint density at radius 1 is 1.43 bits per heavy atom. The minimum atomic E-state index is 0.657. The first-order valence-corrected chi connectivity index (χ1v) is 6.04. The minimum Gasteiger partial charge on any atom is -0.398 e. The van der Waals surface area contributed by atoms with Gasteiger partial charge in [0.15, 0.2) is 0 Å². The first kappa shape index (κ1) is 11.4. The number of anilines is 1. The molecule has 2 N–H and O–H groups in total. The summed E-state index contributed by atoms with van der Waals surface area (Å²) in [6.07, 6.45) is 2.48. The maximum atomic E-state index is 6.01. The lowest BCUT2D eigenvalue weighted by molar-refractivity contribution is 0.787. The van der Waals surface area contributed by atoms with Gasteiger partial charge in [-0.15, -0.1) is 11.8 Å². The molecule has 0 aliphatic heterocycles. The lowest BCUT2D eigenvalue weighted by Crippen LogP contribution is -1.98. The van der Waals surface area contributed by atoms with E-state index in [-0.39, 0.29) is 0 Å². The van der Waals surface area contributed by atoms with Crippen LogP contribution < -0.4 is 5.73 Å². The Hall–Kier alpha value is -0.630.